The lowest BCUT2D eigenvalue weighted by atomic mass is 10.1. The molecule has 0 bridgehead atoms. The van der Waals surface area contributed by atoms with E-state index in [0.717, 1.165) is 17.6 Å². The summed E-state index contributed by atoms with van der Waals surface area (Å²) in [7, 11) is 0. The SMILES string of the molecule is CCC(CC)N1CCN(Cc2cccc(Cl)c2)CC1. The Bertz CT molecular complexity index is 382. The van der Waals surface area contributed by atoms with E-state index in [-0.39, 0.29) is 0 Å². The molecule has 0 spiro atoms. The van der Waals surface area contributed by atoms with Crippen LogP contribution >= 0.6 is 11.6 Å². The first-order chi connectivity index (χ1) is 9.22. The maximum atomic E-state index is 6.04. The minimum absolute atomic E-state index is 0.772. The lowest BCUT2D eigenvalue weighted by Gasteiger charge is -2.38. The zero-order chi connectivity index (χ0) is 13.7. The molecule has 0 N–H and O–H groups in total. The molecule has 0 saturated carbocycles. The summed E-state index contributed by atoms with van der Waals surface area (Å²) in [6.07, 6.45) is 2.54. The molecule has 0 radical (unpaired) electrons. The molecular weight excluding hydrogens is 256 g/mol. The first kappa shape index (κ1) is 14.8. The second-order valence-electron chi connectivity index (χ2n) is 5.41. The molecular formula is C16H25ClN2. The van der Waals surface area contributed by atoms with Crippen molar-refractivity contribution < 1.29 is 0 Å². The Hall–Kier alpha value is -0.570. The minimum atomic E-state index is 0.772. The van der Waals surface area contributed by atoms with Gasteiger partial charge in [-0.3, -0.25) is 9.80 Å². The van der Waals surface area contributed by atoms with E-state index in [2.05, 4.69) is 35.8 Å². The molecule has 1 saturated heterocycles. The average Bonchev–Trinajstić information content (AvgIpc) is 2.42. The highest BCUT2D eigenvalue weighted by atomic mass is 35.5. The third-order valence-corrected chi connectivity index (χ3v) is 4.40. The highest BCUT2D eigenvalue weighted by molar-refractivity contribution is 6.30. The summed E-state index contributed by atoms with van der Waals surface area (Å²) >= 11 is 6.04. The lowest BCUT2D eigenvalue weighted by molar-refractivity contribution is 0.0881. The van der Waals surface area contributed by atoms with Crippen molar-refractivity contribution in [2.45, 2.75) is 39.3 Å². The van der Waals surface area contributed by atoms with Gasteiger partial charge in [0.1, 0.15) is 0 Å². The summed E-state index contributed by atoms with van der Waals surface area (Å²) in [6, 6.07) is 9.00. The molecule has 1 fully saturated rings. The Balaban J connectivity index is 1.83. The van der Waals surface area contributed by atoms with Crippen molar-refractivity contribution in [3.05, 3.63) is 34.9 Å². The molecule has 1 aliphatic rings. The number of hydrogen-bond acceptors (Lipinski definition) is 2. The van der Waals surface area contributed by atoms with Gasteiger partial charge in [-0.1, -0.05) is 37.6 Å². The van der Waals surface area contributed by atoms with Gasteiger partial charge in [-0.2, -0.15) is 0 Å². The van der Waals surface area contributed by atoms with Crippen LogP contribution in [0, 0.1) is 0 Å². The lowest BCUT2D eigenvalue weighted by Crippen LogP contribution is -2.49. The van der Waals surface area contributed by atoms with Gasteiger partial charge in [0, 0.05) is 43.8 Å². The van der Waals surface area contributed by atoms with Crippen LogP contribution < -0.4 is 0 Å². The Labute approximate surface area is 122 Å². The molecule has 1 aromatic carbocycles. The number of rotatable bonds is 5. The topological polar surface area (TPSA) is 6.48 Å². The van der Waals surface area contributed by atoms with Crippen molar-refractivity contribution in [3.63, 3.8) is 0 Å². The fourth-order valence-corrected chi connectivity index (χ4v) is 3.20. The van der Waals surface area contributed by atoms with E-state index in [1.165, 1.54) is 44.6 Å². The van der Waals surface area contributed by atoms with E-state index in [1.54, 1.807) is 0 Å². The van der Waals surface area contributed by atoms with E-state index in [1.807, 2.05) is 12.1 Å². The molecule has 0 unspecified atom stereocenters. The van der Waals surface area contributed by atoms with Crippen LogP contribution in [0.1, 0.15) is 32.3 Å². The van der Waals surface area contributed by atoms with Crippen LogP contribution in [0.3, 0.4) is 0 Å². The zero-order valence-electron chi connectivity index (χ0n) is 12.1. The normalized spacial score (nSPS) is 18.1. The smallest absolute Gasteiger partial charge is 0.0409 e. The quantitative estimate of drug-likeness (QED) is 0.812. The predicted molar refractivity (Wildman–Crippen MR) is 82.7 cm³/mol. The van der Waals surface area contributed by atoms with Crippen molar-refractivity contribution in [2.24, 2.45) is 0 Å². The number of benzene rings is 1. The van der Waals surface area contributed by atoms with Gasteiger partial charge >= 0.3 is 0 Å². The van der Waals surface area contributed by atoms with Gasteiger partial charge in [0.2, 0.25) is 0 Å². The third-order valence-electron chi connectivity index (χ3n) is 4.16. The molecule has 3 heteroatoms. The summed E-state index contributed by atoms with van der Waals surface area (Å²) in [6.45, 7) is 10.4. The Kier molecular flexibility index (Phi) is 5.68. The van der Waals surface area contributed by atoms with Crippen molar-refractivity contribution >= 4 is 11.6 Å². The van der Waals surface area contributed by atoms with Crippen molar-refractivity contribution in [1.29, 1.82) is 0 Å². The van der Waals surface area contributed by atoms with Crippen molar-refractivity contribution in [1.82, 2.24) is 9.80 Å². The maximum Gasteiger partial charge on any atom is 0.0409 e. The highest BCUT2D eigenvalue weighted by Gasteiger charge is 2.21. The van der Waals surface area contributed by atoms with Gasteiger partial charge in [0.15, 0.2) is 0 Å². The van der Waals surface area contributed by atoms with Crippen LogP contribution in [0.2, 0.25) is 5.02 Å². The largest absolute Gasteiger partial charge is 0.298 e. The van der Waals surface area contributed by atoms with E-state index >= 15 is 0 Å². The summed E-state index contributed by atoms with van der Waals surface area (Å²) in [5.41, 5.74) is 1.32. The molecule has 2 nitrogen and oxygen atoms in total. The van der Waals surface area contributed by atoms with Gasteiger partial charge < -0.3 is 0 Å². The maximum absolute atomic E-state index is 6.04. The molecule has 0 aliphatic carbocycles. The monoisotopic (exact) mass is 280 g/mol. The standard InChI is InChI=1S/C16H25ClN2/c1-3-16(4-2)19-10-8-18(9-11-19)13-14-6-5-7-15(17)12-14/h5-7,12,16H,3-4,8-11,13H2,1-2H3. The van der Waals surface area contributed by atoms with Gasteiger partial charge in [-0.05, 0) is 30.5 Å². The Morgan fingerprint density at radius 2 is 1.79 bits per heavy atom. The van der Waals surface area contributed by atoms with Crippen LogP contribution in [0.4, 0.5) is 0 Å². The van der Waals surface area contributed by atoms with Crippen LogP contribution in [-0.4, -0.2) is 42.0 Å². The molecule has 0 aromatic heterocycles. The fourth-order valence-electron chi connectivity index (χ4n) is 2.99. The van der Waals surface area contributed by atoms with E-state index in [4.69, 9.17) is 11.6 Å². The first-order valence-electron chi connectivity index (χ1n) is 7.43. The average molecular weight is 281 g/mol. The summed E-state index contributed by atoms with van der Waals surface area (Å²) in [4.78, 5) is 5.18. The summed E-state index contributed by atoms with van der Waals surface area (Å²) < 4.78 is 0. The van der Waals surface area contributed by atoms with E-state index in [9.17, 15) is 0 Å². The molecule has 1 aliphatic heterocycles. The van der Waals surface area contributed by atoms with Gasteiger partial charge in [0.25, 0.3) is 0 Å². The van der Waals surface area contributed by atoms with Crippen LogP contribution in [0.25, 0.3) is 0 Å². The van der Waals surface area contributed by atoms with Crippen LogP contribution in [0.5, 0.6) is 0 Å². The number of hydrogen-bond donors (Lipinski definition) is 0. The zero-order valence-corrected chi connectivity index (χ0v) is 12.9. The van der Waals surface area contributed by atoms with Crippen LogP contribution in [0.15, 0.2) is 24.3 Å². The Morgan fingerprint density at radius 1 is 1.11 bits per heavy atom. The third kappa shape index (κ3) is 4.20. The van der Waals surface area contributed by atoms with Gasteiger partial charge in [0.05, 0.1) is 0 Å². The summed E-state index contributed by atoms with van der Waals surface area (Å²) in [5.74, 6) is 0. The Morgan fingerprint density at radius 3 is 2.37 bits per heavy atom. The molecule has 1 aromatic rings. The van der Waals surface area contributed by atoms with Crippen molar-refractivity contribution in [3.8, 4) is 0 Å². The number of piperazine rings is 1. The molecule has 106 valence electrons. The van der Waals surface area contributed by atoms with Crippen molar-refractivity contribution in [2.75, 3.05) is 26.2 Å². The fraction of sp³-hybridized carbons (Fsp3) is 0.625. The van der Waals surface area contributed by atoms with Gasteiger partial charge in [-0.25, -0.2) is 0 Å². The molecule has 2 rings (SSSR count). The van der Waals surface area contributed by atoms with Gasteiger partial charge in [-0.15, -0.1) is 0 Å². The predicted octanol–water partition coefficient (Wildman–Crippen LogP) is 3.65. The van der Waals surface area contributed by atoms with E-state index < -0.39 is 0 Å². The number of halogens is 1. The van der Waals surface area contributed by atoms with Crippen LogP contribution in [-0.2, 0) is 6.54 Å². The molecule has 0 amide bonds. The second-order valence-corrected chi connectivity index (χ2v) is 5.85. The first-order valence-corrected chi connectivity index (χ1v) is 7.81. The molecule has 1 heterocycles. The number of nitrogens with zero attached hydrogens (tertiary/aromatic N) is 2. The highest BCUT2D eigenvalue weighted by Crippen LogP contribution is 2.16. The second kappa shape index (κ2) is 7.28. The minimum Gasteiger partial charge on any atom is -0.298 e. The molecule has 19 heavy (non-hydrogen) atoms. The summed E-state index contributed by atoms with van der Waals surface area (Å²) in [5, 5.41) is 0.841. The molecule has 0 atom stereocenters. The van der Waals surface area contributed by atoms with E-state index in [0.29, 0.717) is 0 Å².